The fourth-order valence-corrected chi connectivity index (χ4v) is 5.34. The van der Waals surface area contributed by atoms with Crippen molar-refractivity contribution >= 4 is 43.1 Å². The Bertz CT molecular complexity index is 1180. The van der Waals surface area contributed by atoms with Crippen LogP contribution in [0.5, 0.6) is 5.75 Å². The van der Waals surface area contributed by atoms with Crippen molar-refractivity contribution in [2.75, 3.05) is 23.9 Å². The van der Waals surface area contributed by atoms with Crippen molar-refractivity contribution in [1.29, 1.82) is 0 Å². The quantitative estimate of drug-likeness (QED) is 0.564. The number of carbonyl (C=O) groups is 1. The van der Waals surface area contributed by atoms with E-state index in [-0.39, 0.29) is 22.0 Å². The summed E-state index contributed by atoms with van der Waals surface area (Å²) < 4.78 is 54.6. The highest BCUT2D eigenvalue weighted by molar-refractivity contribution is 7.92. The predicted octanol–water partition coefficient (Wildman–Crippen LogP) is 3.17. The van der Waals surface area contributed by atoms with Crippen LogP contribution in [0.2, 0.25) is 5.02 Å². The second-order valence-corrected chi connectivity index (χ2v) is 11.7. The standard InChI is InChI=1S/C21H27ClN2O6S2/c1-6-19(24(32(5,28)29)16-9-12-20(30-3)18(22)13-16)21(25)23-14(2)15-7-10-17(11-8-15)31(4,26)27/h7-14,19H,6H2,1-5H3,(H,23,25). The van der Waals surface area contributed by atoms with Crippen molar-refractivity contribution in [2.45, 2.75) is 37.2 Å². The molecule has 2 aromatic carbocycles. The molecule has 0 radical (unpaired) electrons. The van der Waals surface area contributed by atoms with Crippen molar-refractivity contribution in [3.63, 3.8) is 0 Å². The van der Waals surface area contributed by atoms with Crippen LogP contribution in [0.1, 0.15) is 31.9 Å². The van der Waals surface area contributed by atoms with Gasteiger partial charge >= 0.3 is 0 Å². The Morgan fingerprint density at radius 3 is 2.12 bits per heavy atom. The lowest BCUT2D eigenvalue weighted by Crippen LogP contribution is -2.49. The van der Waals surface area contributed by atoms with E-state index in [4.69, 9.17) is 16.3 Å². The van der Waals surface area contributed by atoms with Crippen molar-refractivity contribution in [1.82, 2.24) is 5.32 Å². The maximum absolute atomic E-state index is 13.1. The van der Waals surface area contributed by atoms with Gasteiger partial charge in [-0.3, -0.25) is 9.10 Å². The topological polar surface area (TPSA) is 110 Å². The van der Waals surface area contributed by atoms with Gasteiger partial charge in [-0.15, -0.1) is 0 Å². The van der Waals surface area contributed by atoms with Crippen molar-refractivity contribution in [3.8, 4) is 5.75 Å². The van der Waals surface area contributed by atoms with E-state index in [1.165, 1.54) is 37.4 Å². The van der Waals surface area contributed by atoms with Gasteiger partial charge in [0, 0.05) is 6.26 Å². The minimum Gasteiger partial charge on any atom is -0.495 e. The Morgan fingerprint density at radius 2 is 1.69 bits per heavy atom. The van der Waals surface area contributed by atoms with Crippen LogP contribution in [-0.2, 0) is 24.7 Å². The summed E-state index contributed by atoms with van der Waals surface area (Å²) in [5.41, 5.74) is 0.921. The number of rotatable bonds is 9. The number of nitrogens with zero attached hydrogens (tertiary/aromatic N) is 1. The summed E-state index contributed by atoms with van der Waals surface area (Å²) in [6.07, 6.45) is 2.35. The molecule has 2 atom stereocenters. The van der Waals surface area contributed by atoms with Crippen LogP contribution in [0.4, 0.5) is 5.69 Å². The highest BCUT2D eigenvalue weighted by Crippen LogP contribution is 2.32. The smallest absolute Gasteiger partial charge is 0.244 e. The molecule has 0 bridgehead atoms. The van der Waals surface area contributed by atoms with Crippen molar-refractivity contribution in [2.24, 2.45) is 0 Å². The number of hydrogen-bond donors (Lipinski definition) is 1. The highest BCUT2D eigenvalue weighted by atomic mass is 35.5. The lowest BCUT2D eigenvalue weighted by Gasteiger charge is -2.31. The molecule has 0 aliphatic rings. The molecule has 0 fully saturated rings. The molecule has 0 spiro atoms. The van der Waals surface area contributed by atoms with Crippen LogP contribution in [-0.4, -0.2) is 48.4 Å². The summed E-state index contributed by atoms with van der Waals surface area (Å²) in [6, 6.07) is 9.14. The second-order valence-electron chi connectivity index (χ2n) is 7.37. The number of nitrogens with one attached hydrogen (secondary N) is 1. The average Bonchev–Trinajstić information content (AvgIpc) is 2.70. The zero-order chi connectivity index (χ0) is 24.3. The third kappa shape index (κ3) is 6.14. The van der Waals surface area contributed by atoms with Gasteiger partial charge in [-0.1, -0.05) is 30.7 Å². The molecular weight excluding hydrogens is 476 g/mol. The molecule has 0 aliphatic heterocycles. The lowest BCUT2D eigenvalue weighted by molar-refractivity contribution is -0.122. The Labute approximate surface area is 194 Å². The number of hydrogen-bond acceptors (Lipinski definition) is 6. The Hall–Kier alpha value is -2.30. The van der Waals surface area contributed by atoms with E-state index in [0.29, 0.717) is 11.3 Å². The van der Waals surface area contributed by atoms with Crippen LogP contribution in [0.15, 0.2) is 47.4 Å². The molecular formula is C21H27ClN2O6S2. The number of methoxy groups -OCH3 is 1. The first kappa shape index (κ1) is 26.0. The van der Waals surface area contributed by atoms with Gasteiger partial charge in [0.25, 0.3) is 0 Å². The van der Waals surface area contributed by atoms with Gasteiger partial charge in [0.2, 0.25) is 15.9 Å². The first-order chi connectivity index (χ1) is 14.8. The van der Waals surface area contributed by atoms with Gasteiger partial charge in [0.1, 0.15) is 11.8 Å². The molecule has 1 N–H and O–H groups in total. The van der Waals surface area contributed by atoms with E-state index in [1.807, 2.05) is 0 Å². The fraction of sp³-hybridized carbons (Fsp3) is 0.381. The number of sulfonamides is 1. The average molecular weight is 503 g/mol. The Balaban J connectivity index is 2.32. The van der Waals surface area contributed by atoms with E-state index in [2.05, 4.69) is 5.32 Å². The number of halogens is 1. The maximum Gasteiger partial charge on any atom is 0.244 e. The van der Waals surface area contributed by atoms with Gasteiger partial charge < -0.3 is 10.1 Å². The van der Waals surface area contributed by atoms with Gasteiger partial charge in [-0.25, -0.2) is 16.8 Å². The lowest BCUT2D eigenvalue weighted by atomic mass is 10.1. The molecule has 2 unspecified atom stereocenters. The molecule has 176 valence electrons. The van der Waals surface area contributed by atoms with Crippen molar-refractivity contribution < 1.29 is 26.4 Å². The number of ether oxygens (including phenoxy) is 1. The predicted molar refractivity (Wildman–Crippen MR) is 126 cm³/mol. The van der Waals surface area contributed by atoms with Crippen LogP contribution >= 0.6 is 11.6 Å². The highest BCUT2D eigenvalue weighted by Gasteiger charge is 2.32. The number of benzene rings is 2. The second kappa shape index (κ2) is 10.1. The van der Waals surface area contributed by atoms with Gasteiger partial charge in [-0.2, -0.15) is 0 Å². The summed E-state index contributed by atoms with van der Waals surface area (Å²) in [5, 5.41) is 3.03. The normalized spacial score (nSPS) is 13.8. The molecule has 2 rings (SSSR count). The summed E-state index contributed by atoms with van der Waals surface area (Å²) >= 11 is 6.17. The number of anilines is 1. The molecule has 0 heterocycles. The van der Waals surface area contributed by atoms with Gasteiger partial charge in [0.15, 0.2) is 9.84 Å². The third-order valence-electron chi connectivity index (χ3n) is 4.89. The molecule has 0 aromatic heterocycles. The summed E-state index contributed by atoms with van der Waals surface area (Å²) in [7, 11) is -5.71. The molecule has 11 heteroatoms. The Morgan fingerprint density at radius 1 is 1.09 bits per heavy atom. The van der Waals surface area contributed by atoms with E-state index in [9.17, 15) is 21.6 Å². The molecule has 0 saturated heterocycles. The largest absolute Gasteiger partial charge is 0.495 e. The zero-order valence-corrected chi connectivity index (χ0v) is 20.9. The number of amides is 1. The third-order valence-corrected chi connectivity index (χ3v) is 7.49. The van der Waals surface area contributed by atoms with Crippen molar-refractivity contribution in [3.05, 3.63) is 53.1 Å². The first-order valence-corrected chi connectivity index (χ1v) is 13.8. The summed E-state index contributed by atoms with van der Waals surface area (Å²) in [6.45, 7) is 3.44. The number of carbonyl (C=O) groups excluding carboxylic acids is 1. The minimum atomic E-state index is -3.83. The molecule has 2 aromatic rings. The molecule has 1 amide bonds. The molecule has 0 aliphatic carbocycles. The van der Waals surface area contributed by atoms with Crippen LogP contribution in [0.3, 0.4) is 0 Å². The van der Waals surface area contributed by atoms with Crippen LogP contribution in [0, 0.1) is 0 Å². The minimum absolute atomic E-state index is 0.172. The first-order valence-electron chi connectivity index (χ1n) is 9.73. The van der Waals surface area contributed by atoms with E-state index in [0.717, 1.165) is 16.8 Å². The van der Waals surface area contributed by atoms with Gasteiger partial charge in [0.05, 0.1) is 35.0 Å². The zero-order valence-electron chi connectivity index (χ0n) is 18.5. The monoisotopic (exact) mass is 502 g/mol. The van der Waals surface area contributed by atoms with Crippen LogP contribution < -0.4 is 14.4 Å². The fourth-order valence-electron chi connectivity index (χ4n) is 3.25. The van der Waals surface area contributed by atoms with Crippen LogP contribution in [0.25, 0.3) is 0 Å². The van der Waals surface area contributed by atoms with E-state index >= 15 is 0 Å². The Kier molecular flexibility index (Phi) is 8.19. The summed E-state index contributed by atoms with van der Waals surface area (Å²) in [5.74, 6) is -0.114. The molecule has 8 nitrogen and oxygen atoms in total. The molecule has 0 saturated carbocycles. The van der Waals surface area contributed by atoms with E-state index < -0.39 is 37.9 Å². The summed E-state index contributed by atoms with van der Waals surface area (Å²) in [4.78, 5) is 13.3. The number of sulfone groups is 1. The molecule has 32 heavy (non-hydrogen) atoms. The van der Waals surface area contributed by atoms with Gasteiger partial charge in [-0.05, 0) is 49.2 Å². The SMILES string of the molecule is CCC(C(=O)NC(C)c1ccc(S(C)(=O)=O)cc1)N(c1ccc(OC)c(Cl)c1)S(C)(=O)=O. The maximum atomic E-state index is 13.1. The van der Waals surface area contributed by atoms with E-state index in [1.54, 1.807) is 26.0 Å².